The Morgan fingerprint density at radius 3 is 3.10 bits per heavy atom. The summed E-state index contributed by atoms with van der Waals surface area (Å²) < 4.78 is 28.5. The molecule has 21 heavy (non-hydrogen) atoms. The van der Waals surface area contributed by atoms with Crippen LogP contribution >= 0.6 is 0 Å². The predicted octanol–water partition coefficient (Wildman–Crippen LogP) is 1.90. The van der Waals surface area contributed by atoms with Crippen molar-refractivity contribution in [3.63, 3.8) is 0 Å². The number of aromatic nitrogens is 3. The maximum absolute atomic E-state index is 13.6. The van der Waals surface area contributed by atoms with Gasteiger partial charge in [-0.25, -0.2) is 9.37 Å². The quantitative estimate of drug-likeness (QED) is 0.860. The summed E-state index contributed by atoms with van der Waals surface area (Å²) in [6.07, 6.45) is 5.34. The molecule has 1 unspecified atom stereocenters. The number of rotatable bonds is 2. The van der Waals surface area contributed by atoms with E-state index in [1.54, 1.807) is 10.9 Å². The molecular formula is C14H14F2N4O. The molecule has 1 aliphatic carbocycles. The van der Waals surface area contributed by atoms with Gasteiger partial charge in [0.15, 0.2) is 5.82 Å². The Balaban J connectivity index is 1.84. The van der Waals surface area contributed by atoms with Gasteiger partial charge in [-0.1, -0.05) is 0 Å². The first-order chi connectivity index (χ1) is 10.1. The fourth-order valence-electron chi connectivity index (χ4n) is 2.69. The first-order valence-corrected chi connectivity index (χ1v) is 6.69. The smallest absolute Gasteiger partial charge is 0.254 e. The number of hydrogen-bond donors (Lipinski definition) is 1. The Labute approximate surface area is 120 Å². The minimum Gasteiger partial charge on any atom is -0.345 e. The lowest BCUT2D eigenvalue weighted by atomic mass is 9.93. The third kappa shape index (κ3) is 2.39. The molecule has 1 aliphatic rings. The van der Waals surface area contributed by atoms with Crippen LogP contribution in [0.4, 0.5) is 8.78 Å². The van der Waals surface area contributed by atoms with Gasteiger partial charge >= 0.3 is 0 Å². The summed E-state index contributed by atoms with van der Waals surface area (Å²) in [7, 11) is 1.85. The zero-order valence-electron chi connectivity index (χ0n) is 11.4. The molecule has 0 saturated heterocycles. The van der Waals surface area contributed by atoms with Gasteiger partial charge < -0.3 is 5.32 Å². The van der Waals surface area contributed by atoms with Gasteiger partial charge in [0.1, 0.15) is 0 Å². The van der Waals surface area contributed by atoms with Crippen molar-refractivity contribution in [2.24, 2.45) is 7.05 Å². The average Bonchev–Trinajstić information content (AvgIpc) is 2.85. The van der Waals surface area contributed by atoms with Crippen LogP contribution in [0.3, 0.4) is 0 Å². The monoisotopic (exact) mass is 292 g/mol. The molecule has 0 spiro atoms. The number of carbonyl (C=O) groups is 1. The van der Waals surface area contributed by atoms with Crippen molar-refractivity contribution in [1.82, 2.24) is 20.1 Å². The van der Waals surface area contributed by atoms with Gasteiger partial charge in [0.25, 0.3) is 5.91 Å². The highest BCUT2D eigenvalue weighted by atomic mass is 19.2. The molecule has 0 aromatic carbocycles. The standard InChI is InChI=1S/C14H14F2N4O/c1-20-11-4-2-3-10(9(11)7-18-20)19-14(21)8-5-6-17-13(16)12(8)15/h5-7,10H,2-4H2,1H3,(H,19,21). The van der Waals surface area contributed by atoms with Gasteiger partial charge in [-0.2, -0.15) is 9.49 Å². The highest BCUT2D eigenvalue weighted by Gasteiger charge is 2.26. The van der Waals surface area contributed by atoms with E-state index in [4.69, 9.17) is 0 Å². The summed E-state index contributed by atoms with van der Waals surface area (Å²) in [5.74, 6) is -3.14. The summed E-state index contributed by atoms with van der Waals surface area (Å²) in [5.41, 5.74) is 1.67. The Morgan fingerprint density at radius 2 is 2.29 bits per heavy atom. The summed E-state index contributed by atoms with van der Waals surface area (Å²) in [5, 5.41) is 6.93. The number of nitrogens with one attached hydrogen (secondary N) is 1. The molecule has 1 amide bonds. The zero-order valence-corrected chi connectivity index (χ0v) is 11.4. The number of aryl methyl sites for hydroxylation is 1. The largest absolute Gasteiger partial charge is 0.345 e. The first kappa shape index (κ1) is 13.7. The molecular weight excluding hydrogens is 278 g/mol. The molecule has 7 heteroatoms. The number of pyridine rings is 1. The van der Waals surface area contributed by atoms with Crippen LogP contribution in [-0.4, -0.2) is 20.7 Å². The van der Waals surface area contributed by atoms with E-state index >= 15 is 0 Å². The predicted molar refractivity (Wildman–Crippen MR) is 70.5 cm³/mol. The van der Waals surface area contributed by atoms with Gasteiger partial charge in [0.2, 0.25) is 5.95 Å². The van der Waals surface area contributed by atoms with Crippen LogP contribution in [-0.2, 0) is 13.5 Å². The molecule has 2 heterocycles. The third-order valence-corrected chi connectivity index (χ3v) is 3.77. The first-order valence-electron chi connectivity index (χ1n) is 6.69. The molecule has 3 rings (SSSR count). The molecule has 0 saturated carbocycles. The molecule has 1 N–H and O–H groups in total. The molecule has 2 aromatic heterocycles. The van der Waals surface area contributed by atoms with E-state index in [-0.39, 0.29) is 11.6 Å². The van der Waals surface area contributed by atoms with Gasteiger partial charge in [-0.3, -0.25) is 9.48 Å². The van der Waals surface area contributed by atoms with Crippen LogP contribution in [0, 0.1) is 11.8 Å². The number of halogens is 2. The normalized spacial score (nSPS) is 17.4. The van der Waals surface area contributed by atoms with E-state index < -0.39 is 17.7 Å². The number of amides is 1. The summed E-state index contributed by atoms with van der Waals surface area (Å²) in [6, 6.07) is 0.936. The van der Waals surface area contributed by atoms with Gasteiger partial charge in [0, 0.05) is 24.5 Å². The van der Waals surface area contributed by atoms with Crippen molar-refractivity contribution in [2.45, 2.75) is 25.3 Å². The fraction of sp³-hybridized carbons (Fsp3) is 0.357. The number of carbonyl (C=O) groups excluding carboxylic acids is 1. The number of fused-ring (bicyclic) bond motifs is 1. The van der Waals surface area contributed by atoms with E-state index in [0.29, 0.717) is 0 Å². The fourth-order valence-corrected chi connectivity index (χ4v) is 2.69. The van der Waals surface area contributed by atoms with E-state index in [0.717, 1.165) is 36.7 Å². The highest BCUT2D eigenvalue weighted by molar-refractivity contribution is 5.94. The number of hydrogen-bond acceptors (Lipinski definition) is 3. The second-order valence-corrected chi connectivity index (χ2v) is 5.05. The minimum absolute atomic E-state index is 0.231. The molecule has 5 nitrogen and oxygen atoms in total. The summed E-state index contributed by atoms with van der Waals surface area (Å²) >= 11 is 0. The highest BCUT2D eigenvalue weighted by Crippen LogP contribution is 2.29. The van der Waals surface area contributed by atoms with Crippen LogP contribution in [0.1, 0.15) is 40.5 Å². The van der Waals surface area contributed by atoms with Crippen molar-refractivity contribution in [2.75, 3.05) is 0 Å². The van der Waals surface area contributed by atoms with Crippen molar-refractivity contribution in [3.05, 3.63) is 47.0 Å². The topological polar surface area (TPSA) is 59.8 Å². The van der Waals surface area contributed by atoms with Gasteiger partial charge in [-0.15, -0.1) is 0 Å². The molecule has 2 aromatic rings. The number of nitrogens with zero attached hydrogens (tertiary/aromatic N) is 3. The third-order valence-electron chi connectivity index (χ3n) is 3.77. The maximum Gasteiger partial charge on any atom is 0.254 e. The van der Waals surface area contributed by atoms with E-state index in [1.807, 2.05) is 7.05 Å². The van der Waals surface area contributed by atoms with Crippen LogP contribution in [0.2, 0.25) is 0 Å². The van der Waals surface area contributed by atoms with Crippen LogP contribution in [0.5, 0.6) is 0 Å². The van der Waals surface area contributed by atoms with E-state index in [2.05, 4.69) is 15.4 Å². The molecule has 0 fully saturated rings. The molecule has 0 aliphatic heterocycles. The van der Waals surface area contributed by atoms with Crippen LogP contribution < -0.4 is 5.32 Å². The summed E-state index contributed by atoms with van der Waals surface area (Å²) in [6.45, 7) is 0. The molecule has 110 valence electrons. The average molecular weight is 292 g/mol. The lowest BCUT2D eigenvalue weighted by Crippen LogP contribution is -2.31. The minimum atomic E-state index is -1.27. The Hall–Kier alpha value is -2.31. The Kier molecular flexibility index (Phi) is 3.40. The van der Waals surface area contributed by atoms with Crippen LogP contribution in [0.25, 0.3) is 0 Å². The second-order valence-electron chi connectivity index (χ2n) is 5.05. The Morgan fingerprint density at radius 1 is 1.48 bits per heavy atom. The van der Waals surface area contributed by atoms with E-state index in [1.165, 1.54) is 6.07 Å². The second kappa shape index (κ2) is 5.23. The van der Waals surface area contributed by atoms with Crippen molar-refractivity contribution >= 4 is 5.91 Å². The van der Waals surface area contributed by atoms with Gasteiger partial charge in [0.05, 0.1) is 17.8 Å². The van der Waals surface area contributed by atoms with Gasteiger partial charge in [-0.05, 0) is 25.3 Å². The SMILES string of the molecule is Cn1ncc2c1CCCC2NC(=O)c1ccnc(F)c1F. The zero-order chi connectivity index (χ0) is 15.0. The van der Waals surface area contributed by atoms with E-state index in [9.17, 15) is 13.6 Å². The maximum atomic E-state index is 13.6. The lowest BCUT2D eigenvalue weighted by Gasteiger charge is -2.23. The Bertz CT molecular complexity index is 698. The van der Waals surface area contributed by atoms with Crippen LogP contribution in [0.15, 0.2) is 18.5 Å². The molecule has 0 bridgehead atoms. The molecule has 1 atom stereocenters. The van der Waals surface area contributed by atoms with Crippen molar-refractivity contribution in [1.29, 1.82) is 0 Å². The lowest BCUT2D eigenvalue weighted by molar-refractivity contribution is 0.0927. The van der Waals surface area contributed by atoms with Crippen molar-refractivity contribution < 1.29 is 13.6 Å². The summed E-state index contributed by atoms with van der Waals surface area (Å²) in [4.78, 5) is 15.3. The molecule has 0 radical (unpaired) electrons. The van der Waals surface area contributed by atoms with Crippen molar-refractivity contribution in [3.8, 4) is 0 Å².